The summed E-state index contributed by atoms with van der Waals surface area (Å²) < 4.78 is 1.00. The summed E-state index contributed by atoms with van der Waals surface area (Å²) in [6.45, 7) is 1.84. The van der Waals surface area contributed by atoms with Crippen molar-refractivity contribution in [2.45, 2.75) is 18.9 Å². The van der Waals surface area contributed by atoms with Crippen molar-refractivity contribution in [1.82, 2.24) is 15.6 Å². The number of carbonyl (C=O) groups is 1. The van der Waals surface area contributed by atoms with Crippen LogP contribution in [0.4, 0.5) is 0 Å². The first kappa shape index (κ1) is 14.8. The Balaban J connectivity index is 1.93. The predicted octanol–water partition coefficient (Wildman–Crippen LogP) is 0.751. The first-order valence-electron chi connectivity index (χ1n) is 7.28. The molecule has 3 rings (SSSR count). The summed E-state index contributed by atoms with van der Waals surface area (Å²) in [7, 11) is 0. The maximum absolute atomic E-state index is 11.9. The van der Waals surface area contributed by atoms with Gasteiger partial charge in [-0.1, -0.05) is 12.1 Å². The molecule has 7 heteroatoms. The number of aromatic nitrogens is 1. The number of nitrogens with two attached hydrogens (primary N) is 2. The zero-order valence-electron chi connectivity index (χ0n) is 12.1. The average molecular weight is 317 g/mol. The first-order valence-corrected chi connectivity index (χ1v) is 8.09. The third kappa shape index (κ3) is 3.05. The van der Waals surface area contributed by atoms with Gasteiger partial charge in [0.15, 0.2) is 0 Å². The van der Waals surface area contributed by atoms with Crippen LogP contribution < -0.4 is 22.1 Å². The highest BCUT2D eigenvalue weighted by atomic mass is 32.1. The van der Waals surface area contributed by atoms with E-state index in [9.17, 15) is 4.79 Å². The lowest BCUT2D eigenvalue weighted by Gasteiger charge is -2.25. The molecule has 6 nitrogen and oxygen atoms in total. The number of nitrogens with one attached hydrogen (secondary N) is 2. The minimum absolute atomic E-state index is 0.206. The van der Waals surface area contributed by atoms with Crippen molar-refractivity contribution < 1.29 is 4.79 Å². The molecule has 1 amide bonds. The van der Waals surface area contributed by atoms with E-state index in [4.69, 9.17) is 11.5 Å². The van der Waals surface area contributed by atoms with E-state index in [1.807, 2.05) is 24.3 Å². The van der Waals surface area contributed by atoms with E-state index in [-0.39, 0.29) is 11.6 Å². The van der Waals surface area contributed by atoms with Gasteiger partial charge in [-0.2, -0.15) is 0 Å². The molecular formula is C15H19N5OS. The van der Waals surface area contributed by atoms with Gasteiger partial charge in [-0.05, 0) is 31.5 Å². The molecule has 1 aromatic heterocycles. The number of para-hydroxylation sites is 1. The van der Waals surface area contributed by atoms with E-state index >= 15 is 0 Å². The Morgan fingerprint density at radius 2 is 2.18 bits per heavy atom. The summed E-state index contributed by atoms with van der Waals surface area (Å²) in [6.07, 6.45) is 2.09. The van der Waals surface area contributed by atoms with Crippen LogP contribution >= 0.6 is 11.3 Å². The number of nitrogens with zero attached hydrogens (tertiary/aromatic N) is 1. The van der Waals surface area contributed by atoms with Gasteiger partial charge >= 0.3 is 0 Å². The number of primary amides is 1. The molecule has 0 aliphatic carbocycles. The van der Waals surface area contributed by atoms with Crippen molar-refractivity contribution in [3.63, 3.8) is 0 Å². The largest absolute Gasteiger partial charge is 0.385 e. The van der Waals surface area contributed by atoms with Crippen LogP contribution in [0.3, 0.4) is 0 Å². The number of fused-ring (bicyclic) bond motifs is 1. The molecule has 1 atom stereocenters. The molecule has 0 saturated carbocycles. The van der Waals surface area contributed by atoms with Gasteiger partial charge in [0, 0.05) is 12.6 Å². The number of benzene rings is 1. The lowest BCUT2D eigenvalue weighted by molar-refractivity contribution is -0.112. The third-order valence-corrected chi connectivity index (χ3v) is 4.73. The quantitative estimate of drug-likeness (QED) is 0.623. The standard InChI is InChI=1S/C15H19N5OS/c16-13(19-9-4-3-7-18-8-9)12(14(17)21)15-20-10-5-1-2-6-11(10)22-15/h1-2,5-6,9,18-19H,3-4,7-8,16H2,(H2,17,21)/b13-12-/t9-/m1/s1. The molecule has 0 bridgehead atoms. The molecule has 1 aliphatic heterocycles. The van der Waals surface area contributed by atoms with E-state index in [1.165, 1.54) is 11.3 Å². The summed E-state index contributed by atoms with van der Waals surface area (Å²) in [5.74, 6) is -0.256. The van der Waals surface area contributed by atoms with Crippen LogP contribution in [-0.2, 0) is 4.79 Å². The summed E-state index contributed by atoms with van der Waals surface area (Å²) in [5, 5.41) is 7.06. The van der Waals surface area contributed by atoms with Crippen LogP contribution in [0.15, 0.2) is 30.1 Å². The zero-order chi connectivity index (χ0) is 15.5. The lowest BCUT2D eigenvalue weighted by atomic mass is 10.1. The van der Waals surface area contributed by atoms with Crippen LogP contribution in [0.2, 0.25) is 0 Å². The fraction of sp³-hybridized carbons (Fsp3) is 0.333. The minimum Gasteiger partial charge on any atom is -0.385 e. The smallest absolute Gasteiger partial charge is 0.255 e. The van der Waals surface area contributed by atoms with Gasteiger partial charge in [-0.3, -0.25) is 4.79 Å². The Bertz CT molecular complexity index is 685. The molecule has 6 N–H and O–H groups in total. The van der Waals surface area contributed by atoms with Gasteiger partial charge in [-0.25, -0.2) is 4.98 Å². The highest BCUT2D eigenvalue weighted by Crippen LogP contribution is 2.27. The highest BCUT2D eigenvalue weighted by Gasteiger charge is 2.20. The highest BCUT2D eigenvalue weighted by molar-refractivity contribution is 7.19. The molecule has 0 radical (unpaired) electrons. The van der Waals surface area contributed by atoms with Crippen LogP contribution in [0.5, 0.6) is 0 Å². The van der Waals surface area contributed by atoms with Crippen molar-refractivity contribution in [2.24, 2.45) is 11.5 Å². The number of rotatable bonds is 4. The van der Waals surface area contributed by atoms with Gasteiger partial charge < -0.3 is 22.1 Å². The van der Waals surface area contributed by atoms with Crippen molar-refractivity contribution in [1.29, 1.82) is 0 Å². The van der Waals surface area contributed by atoms with Gasteiger partial charge in [0.1, 0.15) is 16.4 Å². The second-order valence-corrected chi connectivity index (χ2v) is 6.36. The van der Waals surface area contributed by atoms with E-state index in [0.717, 1.165) is 36.1 Å². The van der Waals surface area contributed by atoms with Crippen molar-refractivity contribution in [3.05, 3.63) is 35.1 Å². The number of piperidine rings is 1. The Hall–Kier alpha value is -2.12. The number of amides is 1. The molecule has 1 saturated heterocycles. The molecule has 1 aliphatic rings. The fourth-order valence-corrected chi connectivity index (χ4v) is 3.63. The van der Waals surface area contributed by atoms with E-state index in [0.29, 0.717) is 10.8 Å². The van der Waals surface area contributed by atoms with Crippen LogP contribution in [-0.4, -0.2) is 30.0 Å². The molecule has 116 valence electrons. The monoisotopic (exact) mass is 317 g/mol. The Kier molecular flexibility index (Phi) is 4.26. The summed E-state index contributed by atoms with van der Waals surface area (Å²) in [6, 6.07) is 7.92. The number of hydrogen-bond donors (Lipinski definition) is 4. The van der Waals surface area contributed by atoms with Gasteiger partial charge in [-0.15, -0.1) is 11.3 Å². The molecule has 2 heterocycles. The second kappa shape index (κ2) is 6.33. The van der Waals surface area contributed by atoms with E-state index < -0.39 is 5.91 Å². The lowest BCUT2D eigenvalue weighted by Crippen LogP contribution is -2.44. The SMILES string of the molecule is NC(=O)/C(=C(\N)N[C@@H]1CCCNC1)c1nc2ccccc2s1. The van der Waals surface area contributed by atoms with Crippen LogP contribution in [0, 0.1) is 0 Å². The minimum atomic E-state index is -0.562. The van der Waals surface area contributed by atoms with E-state index in [2.05, 4.69) is 15.6 Å². The average Bonchev–Trinajstić information content (AvgIpc) is 2.91. The topological polar surface area (TPSA) is 106 Å². The maximum atomic E-state index is 11.9. The molecule has 22 heavy (non-hydrogen) atoms. The number of thiazole rings is 1. The third-order valence-electron chi connectivity index (χ3n) is 3.68. The summed E-state index contributed by atoms with van der Waals surface area (Å²) >= 11 is 1.42. The molecule has 1 fully saturated rings. The Morgan fingerprint density at radius 1 is 1.36 bits per heavy atom. The van der Waals surface area contributed by atoms with Crippen molar-refractivity contribution in [2.75, 3.05) is 13.1 Å². The van der Waals surface area contributed by atoms with Crippen LogP contribution in [0.1, 0.15) is 17.8 Å². The number of carbonyl (C=O) groups excluding carboxylic acids is 1. The fourth-order valence-electron chi connectivity index (χ4n) is 2.60. The predicted molar refractivity (Wildman–Crippen MR) is 88.9 cm³/mol. The van der Waals surface area contributed by atoms with Crippen LogP contribution in [0.25, 0.3) is 15.8 Å². The van der Waals surface area contributed by atoms with Gasteiger partial charge in [0.05, 0.1) is 10.2 Å². The Morgan fingerprint density at radius 3 is 2.86 bits per heavy atom. The first-order chi connectivity index (χ1) is 10.6. The summed E-state index contributed by atoms with van der Waals surface area (Å²) in [5.41, 5.74) is 12.8. The molecule has 0 unspecified atom stereocenters. The van der Waals surface area contributed by atoms with Gasteiger partial charge in [0.25, 0.3) is 5.91 Å². The maximum Gasteiger partial charge on any atom is 0.255 e. The van der Waals surface area contributed by atoms with Gasteiger partial charge in [0.2, 0.25) is 0 Å². The van der Waals surface area contributed by atoms with Crippen molar-refractivity contribution in [3.8, 4) is 0 Å². The summed E-state index contributed by atoms with van der Waals surface area (Å²) in [4.78, 5) is 16.3. The number of hydrogen-bond acceptors (Lipinski definition) is 6. The normalized spacial score (nSPS) is 19.7. The molecule has 0 spiro atoms. The second-order valence-electron chi connectivity index (χ2n) is 5.33. The molecule has 2 aromatic rings. The Labute approximate surface area is 132 Å². The van der Waals surface area contributed by atoms with Crippen molar-refractivity contribution >= 4 is 33.0 Å². The molecule has 1 aromatic carbocycles. The zero-order valence-corrected chi connectivity index (χ0v) is 13.0. The molecular weight excluding hydrogens is 298 g/mol. The van der Waals surface area contributed by atoms with E-state index in [1.54, 1.807) is 0 Å².